The second kappa shape index (κ2) is 7.83. The Morgan fingerprint density at radius 3 is 2.78 bits per heavy atom. The molecule has 142 valence electrons. The topological polar surface area (TPSA) is 124 Å². The van der Waals surface area contributed by atoms with Gasteiger partial charge < -0.3 is 15.8 Å². The number of esters is 1. The molecule has 1 atom stereocenters. The zero-order chi connectivity index (χ0) is 19.6. The number of primary amides is 1. The molecule has 0 aromatic carbocycles. The molecule has 8 nitrogen and oxygen atoms in total. The minimum atomic E-state index is -0.743. The summed E-state index contributed by atoms with van der Waals surface area (Å²) in [5.74, 6) is -1.33. The van der Waals surface area contributed by atoms with E-state index < -0.39 is 24.4 Å². The number of hydrogen-bond donors (Lipinski definition) is 2. The maximum Gasteiger partial charge on any atom is 0.359 e. The van der Waals surface area contributed by atoms with Crippen molar-refractivity contribution in [1.29, 1.82) is 0 Å². The molecular weight excluding hydrogens is 368 g/mol. The van der Waals surface area contributed by atoms with Gasteiger partial charge in [-0.2, -0.15) is 0 Å². The van der Waals surface area contributed by atoms with Crippen LogP contribution in [0.25, 0.3) is 0 Å². The van der Waals surface area contributed by atoms with Crippen LogP contribution in [0.3, 0.4) is 0 Å². The molecule has 0 aliphatic heterocycles. The van der Waals surface area contributed by atoms with Crippen LogP contribution in [0.15, 0.2) is 12.4 Å². The highest BCUT2D eigenvalue weighted by Gasteiger charge is 2.27. The third-order valence-electron chi connectivity index (χ3n) is 4.34. The van der Waals surface area contributed by atoms with Gasteiger partial charge in [0.25, 0.3) is 11.8 Å². The first-order valence-electron chi connectivity index (χ1n) is 8.55. The number of anilines is 1. The highest BCUT2D eigenvalue weighted by molar-refractivity contribution is 7.17. The molecule has 2 heterocycles. The molecule has 3 N–H and O–H groups in total. The van der Waals surface area contributed by atoms with Crippen LogP contribution in [-0.4, -0.2) is 34.4 Å². The molecule has 2 amide bonds. The Bertz CT molecular complexity index is 892. The van der Waals surface area contributed by atoms with E-state index in [0.717, 1.165) is 29.7 Å². The van der Waals surface area contributed by atoms with Crippen molar-refractivity contribution in [3.63, 3.8) is 0 Å². The fraction of sp³-hybridized carbons (Fsp3) is 0.389. The van der Waals surface area contributed by atoms with E-state index in [9.17, 15) is 14.4 Å². The second-order valence-corrected chi connectivity index (χ2v) is 7.69. The van der Waals surface area contributed by atoms with E-state index in [-0.39, 0.29) is 5.69 Å². The molecular formula is C18H20N4O4S. The van der Waals surface area contributed by atoms with Crippen LogP contribution >= 0.6 is 11.3 Å². The van der Waals surface area contributed by atoms with E-state index in [4.69, 9.17) is 10.5 Å². The Hall–Kier alpha value is -2.81. The molecule has 0 fully saturated rings. The largest absolute Gasteiger partial charge is 0.451 e. The van der Waals surface area contributed by atoms with Crippen LogP contribution in [0.2, 0.25) is 0 Å². The number of nitrogens with zero attached hydrogens (tertiary/aromatic N) is 2. The van der Waals surface area contributed by atoms with E-state index in [1.54, 1.807) is 6.92 Å². The summed E-state index contributed by atoms with van der Waals surface area (Å²) in [6.45, 7) is 3.40. The van der Waals surface area contributed by atoms with Crippen molar-refractivity contribution in [1.82, 2.24) is 9.97 Å². The van der Waals surface area contributed by atoms with Crippen molar-refractivity contribution >= 4 is 34.1 Å². The smallest absolute Gasteiger partial charge is 0.359 e. The molecule has 2 aromatic rings. The summed E-state index contributed by atoms with van der Waals surface area (Å²) in [5, 5.41) is 3.06. The van der Waals surface area contributed by atoms with Gasteiger partial charge in [0.05, 0.1) is 17.5 Å². The minimum absolute atomic E-state index is 0.0202. The molecule has 1 aliphatic carbocycles. The lowest BCUT2D eigenvalue weighted by Crippen LogP contribution is -2.23. The first-order valence-corrected chi connectivity index (χ1v) is 9.36. The molecule has 0 unspecified atom stereocenters. The number of nitrogens with one attached hydrogen (secondary N) is 1. The van der Waals surface area contributed by atoms with Crippen molar-refractivity contribution in [2.45, 2.75) is 33.1 Å². The van der Waals surface area contributed by atoms with Gasteiger partial charge in [0.15, 0.2) is 12.3 Å². The summed E-state index contributed by atoms with van der Waals surface area (Å²) in [5.41, 5.74) is 7.50. The van der Waals surface area contributed by atoms with Crippen molar-refractivity contribution in [2.75, 3.05) is 11.9 Å². The summed E-state index contributed by atoms with van der Waals surface area (Å²) < 4.78 is 4.96. The maximum atomic E-state index is 12.2. The molecule has 0 bridgehead atoms. The normalized spacial score (nSPS) is 15.7. The Morgan fingerprint density at radius 1 is 1.33 bits per heavy atom. The van der Waals surface area contributed by atoms with Crippen molar-refractivity contribution in [2.24, 2.45) is 11.7 Å². The summed E-state index contributed by atoms with van der Waals surface area (Å²) in [7, 11) is 0. The number of nitrogens with two attached hydrogens (primary N) is 1. The predicted molar refractivity (Wildman–Crippen MR) is 99.7 cm³/mol. The lowest BCUT2D eigenvalue weighted by molar-refractivity contribution is -0.119. The summed E-state index contributed by atoms with van der Waals surface area (Å²) in [6, 6.07) is 0. The zero-order valence-corrected chi connectivity index (χ0v) is 15.9. The van der Waals surface area contributed by atoms with Crippen LogP contribution in [0.4, 0.5) is 5.00 Å². The van der Waals surface area contributed by atoms with Crippen LogP contribution < -0.4 is 11.1 Å². The molecule has 0 saturated heterocycles. The van der Waals surface area contributed by atoms with E-state index in [1.165, 1.54) is 23.7 Å². The SMILES string of the molecule is Cc1cnc(C(=O)OCC(=O)Nc2sc3c(c2C(N)=O)CC[C@H](C)C3)cn1. The number of ether oxygens (including phenoxy) is 1. The Balaban J connectivity index is 1.66. The summed E-state index contributed by atoms with van der Waals surface area (Å²) >= 11 is 1.36. The van der Waals surface area contributed by atoms with Crippen LogP contribution in [0.1, 0.15) is 50.3 Å². The quantitative estimate of drug-likeness (QED) is 0.754. The first-order chi connectivity index (χ1) is 12.8. The lowest BCUT2D eigenvalue weighted by atomic mass is 9.88. The van der Waals surface area contributed by atoms with Crippen molar-refractivity contribution < 1.29 is 19.1 Å². The molecule has 0 spiro atoms. The number of thiophene rings is 1. The molecule has 1 aliphatic rings. The lowest BCUT2D eigenvalue weighted by Gasteiger charge is -2.18. The molecule has 0 saturated carbocycles. The van der Waals surface area contributed by atoms with Gasteiger partial charge in [-0.25, -0.2) is 9.78 Å². The van der Waals surface area contributed by atoms with Gasteiger partial charge in [-0.3, -0.25) is 14.6 Å². The highest BCUT2D eigenvalue weighted by Crippen LogP contribution is 2.39. The average molecular weight is 388 g/mol. The van der Waals surface area contributed by atoms with Gasteiger partial charge in [0.2, 0.25) is 0 Å². The Kier molecular flexibility index (Phi) is 5.50. The number of aryl methyl sites for hydroxylation is 1. The van der Waals surface area contributed by atoms with Crippen LogP contribution in [-0.2, 0) is 22.4 Å². The summed E-state index contributed by atoms with van der Waals surface area (Å²) in [4.78, 5) is 44.9. The molecule has 3 rings (SSSR count). The highest BCUT2D eigenvalue weighted by atomic mass is 32.1. The van der Waals surface area contributed by atoms with Gasteiger partial charge in [-0.15, -0.1) is 11.3 Å². The third-order valence-corrected chi connectivity index (χ3v) is 5.51. The molecule has 9 heteroatoms. The van der Waals surface area contributed by atoms with Crippen LogP contribution in [0.5, 0.6) is 0 Å². The predicted octanol–water partition coefficient (Wildman–Crippen LogP) is 1.87. The van der Waals surface area contributed by atoms with Gasteiger partial charge in [0.1, 0.15) is 5.00 Å². The Labute approximate surface area is 160 Å². The number of amides is 2. The van der Waals surface area contributed by atoms with Crippen LogP contribution in [0, 0.1) is 12.8 Å². The second-order valence-electron chi connectivity index (χ2n) is 6.59. The van der Waals surface area contributed by atoms with Gasteiger partial charge >= 0.3 is 5.97 Å². The van der Waals surface area contributed by atoms with Gasteiger partial charge in [-0.1, -0.05) is 6.92 Å². The van der Waals surface area contributed by atoms with Gasteiger partial charge in [-0.05, 0) is 37.7 Å². The maximum absolute atomic E-state index is 12.2. The molecule has 2 aromatic heterocycles. The number of hydrogen-bond acceptors (Lipinski definition) is 7. The van der Waals surface area contributed by atoms with Crippen molar-refractivity contribution in [3.8, 4) is 0 Å². The standard InChI is InChI=1S/C18H20N4O4S/c1-9-3-4-11-13(5-9)27-17(15(11)16(19)24)22-14(23)8-26-18(25)12-7-20-10(2)6-21-12/h6-7,9H,3-5,8H2,1-2H3,(H2,19,24)(H,22,23)/t9-/m0/s1. The molecule has 27 heavy (non-hydrogen) atoms. The third kappa shape index (κ3) is 4.30. The number of carbonyl (C=O) groups is 3. The fourth-order valence-electron chi connectivity index (χ4n) is 2.97. The monoisotopic (exact) mass is 388 g/mol. The first kappa shape index (κ1) is 19.0. The number of rotatable bonds is 5. The van der Waals surface area contributed by atoms with Crippen molar-refractivity contribution in [3.05, 3.63) is 39.8 Å². The Morgan fingerprint density at radius 2 is 2.11 bits per heavy atom. The number of carbonyl (C=O) groups excluding carboxylic acids is 3. The van der Waals surface area contributed by atoms with E-state index in [2.05, 4.69) is 22.2 Å². The van der Waals surface area contributed by atoms with E-state index >= 15 is 0 Å². The van der Waals surface area contributed by atoms with Gasteiger partial charge in [0, 0.05) is 11.1 Å². The minimum Gasteiger partial charge on any atom is -0.451 e. The number of aromatic nitrogens is 2. The van der Waals surface area contributed by atoms with E-state index in [0.29, 0.717) is 22.2 Å². The molecule has 0 radical (unpaired) electrons. The summed E-state index contributed by atoms with van der Waals surface area (Å²) in [6.07, 6.45) is 5.33. The zero-order valence-electron chi connectivity index (χ0n) is 15.1. The number of fused-ring (bicyclic) bond motifs is 1. The average Bonchev–Trinajstić information content (AvgIpc) is 2.97. The fourth-order valence-corrected chi connectivity index (χ4v) is 4.40. The van der Waals surface area contributed by atoms with E-state index in [1.807, 2.05) is 0 Å².